The number of rotatable bonds is 4. The predicted molar refractivity (Wildman–Crippen MR) is 92.4 cm³/mol. The molecule has 0 radical (unpaired) electrons. The highest BCUT2D eigenvalue weighted by molar-refractivity contribution is 9.10. The minimum absolute atomic E-state index is 0.200. The molecule has 1 amide bonds. The molecule has 0 fully saturated rings. The van der Waals surface area contributed by atoms with E-state index >= 15 is 0 Å². The second-order valence-electron chi connectivity index (χ2n) is 5.15. The molecular weight excluding hydrogens is 356 g/mol. The number of aryl methyl sites for hydroxylation is 1. The van der Waals surface area contributed by atoms with Crippen LogP contribution in [0.1, 0.15) is 21.6 Å². The summed E-state index contributed by atoms with van der Waals surface area (Å²) in [7, 11) is 0. The third kappa shape index (κ3) is 3.84. The number of nitrogens with one attached hydrogen (secondary N) is 1. The van der Waals surface area contributed by atoms with Gasteiger partial charge < -0.3 is 5.32 Å². The maximum absolute atomic E-state index is 12.3. The topological polar surface area (TPSA) is 59.8 Å². The average molecular weight is 371 g/mol. The van der Waals surface area contributed by atoms with E-state index in [0.717, 1.165) is 15.7 Å². The van der Waals surface area contributed by atoms with Gasteiger partial charge in [0.15, 0.2) is 0 Å². The van der Waals surface area contributed by atoms with E-state index in [-0.39, 0.29) is 5.91 Å². The van der Waals surface area contributed by atoms with E-state index in [0.29, 0.717) is 17.9 Å². The molecule has 2 aromatic heterocycles. The van der Waals surface area contributed by atoms with E-state index in [1.807, 2.05) is 37.3 Å². The van der Waals surface area contributed by atoms with Crippen LogP contribution in [0.3, 0.4) is 0 Å². The third-order valence-electron chi connectivity index (χ3n) is 3.35. The fraction of sp³-hybridized carbons (Fsp3) is 0.118. The Morgan fingerprint density at radius 2 is 2.13 bits per heavy atom. The molecule has 0 aliphatic carbocycles. The fourth-order valence-corrected chi connectivity index (χ4v) is 2.61. The van der Waals surface area contributed by atoms with Gasteiger partial charge >= 0.3 is 0 Å². The Morgan fingerprint density at radius 3 is 2.87 bits per heavy atom. The van der Waals surface area contributed by atoms with Gasteiger partial charge in [0, 0.05) is 22.4 Å². The molecule has 0 aliphatic rings. The van der Waals surface area contributed by atoms with Crippen molar-refractivity contribution in [2.45, 2.75) is 13.5 Å². The number of hydrogen-bond acceptors (Lipinski definition) is 3. The normalized spacial score (nSPS) is 10.5. The van der Waals surface area contributed by atoms with E-state index < -0.39 is 0 Å². The summed E-state index contributed by atoms with van der Waals surface area (Å²) in [5, 5.41) is 7.14. The SMILES string of the molecule is Cc1ccc(C(=O)Nc2ccnn2Cc2cccc(Br)c2)cn1. The summed E-state index contributed by atoms with van der Waals surface area (Å²) in [6, 6.07) is 13.3. The minimum atomic E-state index is -0.200. The third-order valence-corrected chi connectivity index (χ3v) is 3.85. The fourth-order valence-electron chi connectivity index (χ4n) is 2.16. The van der Waals surface area contributed by atoms with Crippen LogP contribution in [0, 0.1) is 6.92 Å². The van der Waals surface area contributed by atoms with Crippen molar-refractivity contribution in [3.05, 3.63) is 76.2 Å². The van der Waals surface area contributed by atoms with E-state index in [9.17, 15) is 4.79 Å². The summed E-state index contributed by atoms with van der Waals surface area (Å²) in [6.07, 6.45) is 3.24. The summed E-state index contributed by atoms with van der Waals surface area (Å²) >= 11 is 3.46. The molecule has 2 heterocycles. The Hall–Kier alpha value is -2.47. The van der Waals surface area contributed by atoms with Gasteiger partial charge in [0.25, 0.3) is 5.91 Å². The lowest BCUT2D eigenvalue weighted by atomic mass is 10.2. The van der Waals surface area contributed by atoms with Crippen LogP contribution in [0.15, 0.2) is 59.3 Å². The number of aromatic nitrogens is 3. The summed E-state index contributed by atoms with van der Waals surface area (Å²) in [5.74, 6) is 0.448. The number of halogens is 1. The molecule has 0 saturated heterocycles. The molecule has 0 aliphatic heterocycles. The first kappa shape index (κ1) is 15.4. The molecule has 5 nitrogen and oxygen atoms in total. The van der Waals surface area contributed by atoms with Crippen molar-refractivity contribution in [3.63, 3.8) is 0 Å². The zero-order valence-electron chi connectivity index (χ0n) is 12.5. The van der Waals surface area contributed by atoms with Gasteiger partial charge in [-0.2, -0.15) is 5.10 Å². The van der Waals surface area contributed by atoms with Gasteiger partial charge in [-0.05, 0) is 36.8 Å². The van der Waals surface area contributed by atoms with Crippen molar-refractivity contribution in [3.8, 4) is 0 Å². The number of pyridine rings is 1. The van der Waals surface area contributed by atoms with Crippen LogP contribution in [-0.4, -0.2) is 20.7 Å². The van der Waals surface area contributed by atoms with Crippen LogP contribution in [0.25, 0.3) is 0 Å². The van der Waals surface area contributed by atoms with Crippen LogP contribution in [0.5, 0.6) is 0 Å². The van der Waals surface area contributed by atoms with Crippen molar-refractivity contribution < 1.29 is 4.79 Å². The predicted octanol–water partition coefficient (Wildman–Crippen LogP) is 3.65. The standard InChI is InChI=1S/C17H15BrN4O/c1-12-5-6-14(10-19-12)17(23)21-16-7-8-20-22(16)11-13-3-2-4-15(18)9-13/h2-10H,11H2,1H3,(H,21,23). The van der Waals surface area contributed by atoms with Gasteiger partial charge in [0.05, 0.1) is 18.3 Å². The number of nitrogens with zero attached hydrogens (tertiary/aromatic N) is 3. The zero-order chi connectivity index (χ0) is 16.2. The first-order valence-corrected chi connectivity index (χ1v) is 7.91. The zero-order valence-corrected chi connectivity index (χ0v) is 14.1. The van der Waals surface area contributed by atoms with Gasteiger partial charge in [-0.15, -0.1) is 0 Å². The number of anilines is 1. The van der Waals surface area contributed by atoms with Gasteiger partial charge in [-0.3, -0.25) is 9.78 Å². The summed E-state index contributed by atoms with van der Waals surface area (Å²) in [6.45, 7) is 2.46. The Labute approximate surface area is 142 Å². The van der Waals surface area contributed by atoms with E-state index in [1.165, 1.54) is 0 Å². The molecule has 6 heteroatoms. The molecule has 0 bridgehead atoms. The van der Waals surface area contributed by atoms with Gasteiger partial charge in [0.2, 0.25) is 0 Å². The van der Waals surface area contributed by atoms with Crippen molar-refractivity contribution in [1.29, 1.82) is 0 Å². The first-order chi connectivity index (χ1) is 11.1. The number of carbonyl (C=O) groups excluding carboxylic acids is 1. The number of carbonyl (C=O) groups is 1. The van der Waals surface area contributed by atoms with Crippen molar-refractivity contribution in [1.82, 2.24) is 14.8 Å². The molecule has 3 aromatic rings. The number of benzene rings is 1. The highest BCUT2D eigenvalue weighted by Gasteiger charge is 2.10. The lowest BCUT2D eigenvalue weighted by Crippen LogP contribution is -2.16. The smallest absolute Gasteiger partial charge is 0.258 e. The Kier molecular flexibility index (Phi) is 4.52. The van der Waals surface area contributed by atoms with Crippen LogP contribution < -0.4 is 5.32 Å². The summed E-state index contributed by atoms with van der Waals surface area (Å²) in [4.78, 5) is 16.4. The molecule has 0 spiro atoms. The van der Waals surface area contributed by atoms with Crippen molar-refractivity contribution >= 4 is 27.7 Å². The van der Waals surface area contributed by atoms with E-state index in [1.54, 1.807) is 29.2 Å². The second kappa shape index (κ2) is 6.75. The van der Waals surface area contributed by atoms with Crippen molar-refractivity contribution in [2.24, 2.45) is 0 Å². The first-order valence-electron chi connectivity index (χ1n) is 7.12. The molecule has 0 atom stereocenters. The second-order valence-corrected chi connectivity index (χ2v) is 6.06. The number of amides is 1. The largest absolute Gasteiger partial charge is 0.307 e. The molecule has 23 heavy (non-hydrogen) atoms. The highest BCUT2D eigenvalue weighted by atomic mass is 79.9. The molecule has 116 valence electrons. The Morgan fingerprint density at radius 1 is 1.26 bits per heavy atom. The van der Waals surface area contributed by atoms with Crippen LogP contribution in [0.4, 0.5) is 5.82 Å². The van der Waals surface area contributed by atoms with Crippen LogP contribution in [0.2, 0.25) is 0 Å². The van der Waals surface area contributed by atoms with Crippen LogP contribution in [-0.2, 0) is 6.54 Å². The summed E-state index contributed by atoms with van der Waals surface area (Å²) in [5.41, 5.74) is 2.49. The Bertz CT molecular complexity index is 827. The molecule has 1 aromatic carbocycles. The van der Waals surface area contributed by atoms with Crippen molar-refractivity contribution in [2.75, 3.05) is 5.32 Å². The maximum Gasteiger partial charge on any atom is 0.258 e. The molecule has 0 unspecified atom stereocenters. The monoisotopic (exact) mass is 370 g/mol. The number of hydrogen-bond donors (Lipinski definition) is 1. The van der Waals surface area contributed by atoms with E-state index in [4.69, 9.17) is 0 Å². The maximum atomic E-state index is 12.3. The lowest BCUT2D eigenvalue weighted by Gasteiger charge is -2.09. The molecule has 1 N–H and O–H groups in total. The van der Waals surface area contributed by atoms with Gasteiger partial charge in [-0.25, -0.2) is 4.68 Å². The lowest BCUT2D eigenvalue weighted by molar-refractivity contribution is 0.102. The van der Waals surface area contributed by atoms with Gasteiger partial charge in [0.1, 0.15) is 5.82 Å². The van der Waals surface area contributed by atoms with Crippen LogP contribution >= 0.6 is 15.9 Å². The average Bonchev–Trinajstić information content (AvgIpc) is 2.95. The summed E-state index contributed by atoms with van der Waals surface area (Å²) < 4.78 is 2.76. The van der Waals surface area contributed by atoms with Gasteiger partial charge in [-0.1, -0.05) is 28.1 Å². The van der Waals surface area contributed by atoms with E-state index in [2.05, 4.69) is 31.3 Å². The highest BCUT2D eigenvalue weighted by Crippen LogP contribution is 2.15. The molecule has 0 saturated carbocycles. The minimum Gasteiger partial charge on any atom is -0.307 e. The Balaban J connectivity index is 1.75. The quantitative estimate of drug-likeness (QED) is 0.762. The molecular formula is C17H15BrN4O. The molecule has 3 rings (SSSR count).